The van der Waals surface area contributed by atoms with Crippen molar-refractivity contribution in [3.05, 3.63) is 54.6 Å². The second-order valence-electron chi connectivity index (χ2n) is 5.75. The second kappa shape index (κ2) is 5.39. The Morgan fingerprint density at radius 1 is 0.955 bits per heavy atom. The summed E-state index contributed by atoms with van der Waals surface area (Å²) in [6.07, 6.45) is 0.997. The van der Waals surface area contributed by atoms with Crippen LogP contribution in [0.5, 0.6) is 0 Å². The number of benzene rings is 2. The van der Waals surface area contributed by atoms with Gasteiger partial charge in [-0.1, -0.05) is 48.5 Å². The zero-order valence-corrected chi connectivity index (χ0v) is 12.3. The summed E-state index contributed by atoms with van der Waals surface area (Å²) in [7, 11) is 0. The van der Waals surface area contributed by atoms with Gasteiger partial charge in [-0.05, 0) is 12.5 Å². The van der Waals surface area contributed by atoms with E-state index in [1.165, 1.54) is 0 Å². The van der Waals surface area contributed by atoms with Crippen molar-refractivity contribution >= 4 is 16.9 Å². The highest BCUT2D eigenvalue weighted by atomic mass is 15.3. The molecule has 0 saturated carbocycles. The van der Waals surface area contributed by atoms with Crippen LogP contribution in [0, 0.1) is 0 Å². The molecule has 22 heavy (non-hydrogen) atoms. The number of nitrogens with zero attached hydrogens (tertiary/aromatic N) is 3. The first-order chi connectivity index (χ1) is 10.8. The van der Waals surface area contributed by atoms with Gasteiger partial charge in [-0.3, -0.25) is 0 Å². The minimum Gasteiger partial charge on any atom is -0.339 e. The summed E-state index contributed by atoms with van der Waals surface area (Å²) in [4.78, 5) is 11.8. The van der Waals surface area contributed by atoms with Crippen molar-refractivity contribution in [2.45, 2.75) is 12.5 Å². The van der Waals surface area contributed by atoms with E-state index < -0.39 is 0 Å². The number of hydrogen-bond donors (Lipinski definition) is 1. The highest BCUT2D eigenvalue weighted by Gasteiger charge is 2.22. The van der Waals surface area contributed by atoms with Crippen LogP contribution in [0.4, 0.5) is 5.95 Å². The molecule has 2 heterocycles. The fraction of sp³-hybridized carbons (Fsp3) is 0.222. The quantitative estimate of drug-likeness (QED) is 0.788. The predicted molar refractivity (Wildman–Crippen MR) is 89.8 cm³/mol. The number of hydrogen-bond acceptors (Lipinski definition) is 4. The van der Waals surface area contributed by atoms with Gasteiger partial charge in [0.1, 0.15) is 0 Å². The molecule has 1 aliphatic heterocycles. The van der Waals surface area contributed by atoms with Crippen molar-refractivity contribution < 1.29 is 0 Å². The highest BCUT2D eigenvalue weighted by Crippen LogP contribution is 2.28. The average molecular weight is 290 g/mol. The predicted octanol–water partition coefficient (Wildman–Crippen LogP) is 2.83. The van der Waals surface area contributed by atoms with E-state index >= 15 is 0 Å². The summed E-state index contributed by atoms with van der Waals surface area (Å²) in [5.41, 5.74) is 9.11. The lowest BCUT2D eigenvalue weighted by Gasteiger charge is -2.17. The van der Waals surface area contributed by atoms with Crippen LogP contribution < -0.4 is 10.6 Å². The molecule has 0 amide bonds. The van der Waals surface area contributed by atoms with E-state index in [1.54, 1.807) is 0 Å². The number of aromatic nitrogens is 2. The molecule has 1 saturated heterocycles. The van der Waals surface area contributed by atoms with Crippen LogP contribution in [0.1, 0.15) is 6.42 Å². The summed E-state index contributed by atoms with van der Waals surface area (Å²) >= 11 is 0. The number of nitrogens with two attached hydrogens (primary N) is 1. The van der Waals surface area contributed by atoms with E-state index in [1.807, 2.05) is 36.4 Å². The number of anilines is 1. The van der Waals surface area contributed by atoms with Crippen molar-refractivity contribution in [3.63, 3.8) is 0 Å². The van der Waals surface area contributed by atoms with Gasteiger partial charge in [-0.15, -0.1) is 0 Å². The molecule has 1 fully saturated rings. The first kappa shape index (κ1) is 13.2. The second-order valence-corrected chi connectivity index (χ2v) is 5.75. The summed E-state index contributed by atoms with van der Waals surface area (Å²) in [5, 5.41) is 1.08. The molecule has 1 atom stereocenters. The molecular formula is C18H18N4. The van der Waals surface area contributed by atoms with Crippen LogP contribution in [0.2, 0.25) is 0 Å². The Balaban J connectivity index is 1.90. The Morgan fingerprint density at radius 2 is 1.73 bits per heavy atom. The first-order valence-electron chi connectivity index (χ1n) is 7.64. The van der Waals surface area contributed by atoms with E-state index in [4.69, 9.17) is 15.7 Å². The maximum atomic E-state index is 6.03. The maximum absolute atomic E-state index is 6.03. The summed E-state index contributed by atoms with van der Waals surface area (Å²) in [6, 6.07) is 18.7. The summed E-state index contributed by atoms with van der Waals surface area (Å²) in [6.45, 7) is 1.75. The SMILES string of the molecule is NC1CCN(c2nc(-c3ccccc3)c3ccccc3n2)C1. The standard InChI is InChI=1S/C18H18N4/c19-14-10-11-22(12-14)18-20-16-9-5-4-8-15(16)17(21-18)13-6-2-1-3-7-13/h1-9,14H,10-12,19H2. The molecule has 0 bridgehead atoms. The van der Waals surface area contributed by atoms with Crippen molar-refractivity contribution in [3.8, 4) is 11.3 Å². The largest absolute Gasteiger partial charge is 0.339 e. The number of rotatable bonds is 2. The summed E-state index contributed by atoms with van der Waals surface area (Å²) < 4.78 is 0. The monoisotopic (exact) mass is 290 g/mol. The summed E-state index contributed by atoms with van der Waals surface area (Å²) in [5.74, 6) is 0.783. The lowest BCUT2D eigenvalue weighted by molar-refractivity contribution is 0.750. The molecule has 4 heteroatoms. The van der Waals surface area contributed by atoms with Gasteiger partial charge in [0.2, 0.25) is 5.95 Å². The Labute approximate surface area is 129 Å². The highest BCUT2D eigenvalue weighted by molar-refractivity contribution is 5.93. The van der Waals surface area contributed by atoms with Gasteiger partial charge in [0.15, 0.2) is 0 Å². The Bertz CT molecular complexity index is 801. The third-order valence-electron chi connectivity index (χ3n) is 4.15. The van der Waals surface area contributed by atoms with E-state index in [-0.39, 0.29) is 6.04 Å². The smallest absolute Gasteiger partial charge is 0.226 e. The van der Waals surface area contributed by atoms with Crippen LogP contribution in [-0.4, -0.2) is 29.1 Å². The van der Waals surface area contributed by atoms with E-state index in [0.717, 1.165) is 47.6 Å². The first-order valence-corrected chi connectivity index (χ1v) is 7.64. The van der Waals surface area contributed by atoms with Crippen molar-refractivity contribution in [1.29, 1.82) is 0 Å². The fourth-order valence-electron chi connectivity index (χ4n) is 2.99. The maximum Gasteiger partial charge on any atom is 0.226 e. The molecule has 2 N–H and O–H groups in total. The third kappa shape index (κ3) is 2.31. The molecular weight excluding hydrogens is 272 g/mol. The van der Waals surface area contributed by atoms with Gasteiger partial charge in [-0.25, -0.2) is 9.97 Å². The lowest BCUT2D eigenvalue weighted by Crippen LogP contribution is -2.27. The lowest BCUT2D eigenvalue weighted by atomic mass is 10.1. The van der Waals surface area contributed by atoms with Crippen molar-refractivity contribution in [2.24, 2.45) is 5.73 Å². The molecule has 3 aromatic rings. The number of fused-ring (bicyclic) bond motifs is 1. The Morgan fingerprint density at radius 3 is 2.50 bits per heavy atom. The molecule has 0 radical (unpaired) electrons. The van der Waals surface area contributed by atoms with Gasteiger partial charge in [0.25, 0.3) is 0 Å². The average Bonchev–Trinajstić information content (AvgIpc) is 3.01. The van der Waals surface area contributed by atoms with Gasteiger partial charge in [0, 0.05) is 30.1 Å². The van der Waals surface area contributed by atoms with Gasteiger partial charge < -0.3 is 10.6 Å². The number of para-hydroxylation sites is 1. The molecule has 1 aromatic heterocycles. The topological polar surface area (TPSA) is 55.0 Å². The van der Waals surface area contributed by atoms with Crippen molar-refractivity contribution in [2.75, 3.05) is 18.0 Å². The van der Waals surface area contributed by atoms with Crippen LogP contribution in [0.25, 0.3) is 22.2 Å². The van der Waals surface area contributed by atoms with E-state index in [2.05, 4.69) is 23.1 Å². The van der Waals surface area contributed by atoms with Gasteiger partial charge in [0.05, 0.1) is 11.2 Å². The fourth-order valence-corrected chi connectivity index (χ4v) is 2.99. The van der Waals surface area contributed by atoms with Gasteiger partial charge >= 0.3 is 0 Å². The minimum absolute atomic E-state index is 0.218. The van der Waals surface area contributed by atoms with E-state index in [0.29, 0.717) is 0 Å². The normalized spacial score (nSPS) is 18.0. The van der Waals surface area contributed by atoms with Crippen LogP contribution >= 0.6 is 0 Å². The zero-order valence-electron chi connectivity index (χ0n) is 12.3. The third-order valence-corrected chi connectivity index (χ3v) is 4.15. The molecule has 4 nitrogen and oxygen atoms in total. The zero-order chi connectivity index (χ0) is 14.9. The minimum atomic E-state index is 0.218. The Hall–Kier alpha value is -2.46. The molecule has 2 aromatic carbocycles. The van der Waals surface area contributed by atoms with Crippen LogP contribution in [-0.2, 0) is 0 Å². The molecule has 1 aliphatic rings. The Kier molecular flexibility index (Phi) is 3.24. The van der Waals surface area contributed by atoms with E-state index in [9.17, 15) is 0 Å². The molecule has 4 rings (SSSR count). The van der Waals surface area contributed by atoms with Crippen molar-refractivity contribution in [1.82, 2.24) is 9.97 Å². The molecule has 0 spiro atoms. The van der Waals surface area contributed by atoms with Crippen LogP contribution in [0.3, 0.4) is 0 Å². The van der Waals surface area contributed by atoms with Gasteiger partial charge in [-0.2, -0.15) is 0 Å². The molecule has 110 valence electrons. The molecule has 1 unspecified atom stereocenters. The molecule has 0 aliphatic carbocycles. The van der Waals surface area contributed by atoms with Crippen LogP contribution in [0.15, 0.2) is 54.6 Å².